The molecule has 2 aliphatic heterocycles. The van der Waals surface area contributed by atoms with E-state index in [9.17, 15) is 19.5 Å². The zero-order chi connectivity index (χ0) is 38.1. The molecule has 54 heavy (non-hydrogen) atoms. The van der Waals surface area contributed by atoms with E-state index < -0.39 is 46.8 Å². The average Bonchev–Trinajstić information content (AvgIpc) is 3.56. The third-order valence-electron chi connectivity index (χ3n) is 11.5. The molecule has 3 fully saturated rings. The number of phenols is 1. The predicted molar refractivity (Wildman–Crippen MR) is 204 cm³/mol. The van der Waals surface area contributed by atoms with Crippen LogP contribution in [0.15, 0.2) is 103 Å². The number of ether oxygens (including phenoxy) is 2. The maximum absolute atomic E-state index is 15.4. The lowest BCUT2D eigenvalue weighted by atomic mass is 9.49. The summed E-state index contributed by atoms with van der Waals surface area (Å²) < 4.78 is 10.9. The van der Waals surface area contributed by atoms with Crippen molar-refractivity contribution in [1.82, 2.24) is 5.01 Å². The van der Waals surface area contributed by atoms with Crippen molar-refractivity contribution in [3.63, 3.8) is 0 Å². The number of imide groups is 2. The highest BCUT2D eigenvalue weighted by atomic mass is 35.5. The van der Waals surface area contributed by atoms with Crippen LogP contribution in [0, 0.1) is 23.7 Å². The molecule has 274 valence electrons. The van der Waals surface area contributed by atoms with E-state index in [0.717, 1.165) is 10.6 Å². The van der Waals surface area contributed by atoms with Gasteiger partial charge in [0.15, 0.2) is 0 Å². The molecule has 0 radical (unpaired) electrons. The van der Waals surface area contributed by atoms with Crippen LogP contribution < -0.4 is 19.8 Å². The van der Waals surface area contributed by atoms with Gasteiger partial charge in [-0.1, -0.05) is 77.8 Å². The highest BCUT2D eigenvalue weighted by Crippen LogP contribution is 2.65. The topological polar surface area (TPSA) is 125 Å². The number of methoxy groups -OCH3 is 2. The number of allylic oxidation sites excluding steroid dienone is 2. The molecule has 0 unspecified atom stereocenters. The minimum Gasteiger partial charge on any atom is -0.508 e. The van der Waals surface area contributed by atoms with Crippen LogP contribution in [0.4, 0.5) is 11.4 Å². The molecular formula is C42H35Cl2N3O7. The molecule has 4 aromatic carbocycles. The van der Waals surface area contributed by atoms with Gasteiger partial charge >= 0.3 is 0 Å². The minimum absolute atomic E-state index is 0.0752. The zero-order valence-electron chi connectivity index (χ0n) is 29.3. The second-order valence-corrected chi connectivity index (χ2v) is 14.8. The molecule has 0 aromatic heterocycles. The van der Waals surface area contributed by atoms with Crippen molar-refractivity contribution in [2.24, 2.45) is 23.7 Å². The first-order chi connectivity index (χ1) is 26.0. The van der Waals surface area contributed by atoms with E-state index in [4.69, 9.17) is 32.7 Å². The van der Waals surface area contributed by atoms with Crippen LogP contribution in [0.3, 0.4) is 0 Å². The van der Waals surface area contributed by atoms with Crippen LogP contribution in [0.5, 0.6) is 17.2 Å². The molecule has 1 saturated carbocycles. The fourth-order valence-corrected chi connectivity index (χ4v) is 9.55. The van der Waals surface area contributed by atoms with Gasteiger partial charge in [0.1, 0.15) is 17.2 Å². The molecular weight excluding hydrogens is 729 g/mol. The van der Waals surface area contributed by atoms with E-state index in [1.807, 2.05) is 6.08 Å². The number of halogens is 2. The van der Waals surface area contributed by atoms with Crippen molar-refractivity contribution in [2.75, 3.05) is 24.5 Å². The van der Waals surface area contributed by atoms with Crippen molar-refractivity contribution >= 4 is 64.3 Å². The summed E-state index contributed by atoms with van der Waals surface area (Å²) in [5, 5.41) is 13.3. The lowest BCUT2D eigenvalue weighted by Gasteiger charge is -2.50. The summed E-state index contributed by atoms with van der Waals surface area (Å²) in [6, 6.07) is 23.5. The Bertz CT molecular complexity index is 2270. The number of anilines is 2. The molecule has 2 heterocycles. The van der Waals surface area contributed by atoms with Crippen LogP contribution in [0.2, 0.25) is 10.0 Å². The molecule has 2 N–H and O–H groups in total. The monoisotopic (exact) mass is 763 g/mol. The van der Waals surface area contributed by atoms with Gasteiger partial charge in [-0.15, -0.1) is 0 Å². The van der Waals surface area contributed by atoms with Crippen LogP contribution in [-0.2, 0) is 24.6 Å². The van der Waals surface area contributed by atoms with Crippen LogP contribution in [0.1, 0.15) is 35.4 Å². The fraction of sp³-hybridized carbons (Fsp3) is 0.238. The fourth-order valence-electron chi connectivity index (χ4n) is 9.10. The van der Waals surface area contributed by atoms with Gasteiger partial charge in [0.25, 0.3) is 11.8 Å². The summed E-state index contributed by atoms with van der Waals surface area (Å²) in [7, 11) is 3.01. The number of hydrogen-bond donors (Lipinski definition) is 2. The number of rotatable bonds is 8. The number of amides is 4. The van der Waals surface area contributed by atoms with Gasteiger partial charge in [-0.25, -0.2) is 0 Å². The Kier molecular flexibility index (Phi) is 8.78. The lowest BCUT2D eigenvalue weighted by molar-refractivity contribution is -0.138. The summed E-state index contributed by atoms with van der Waals surface area (Å²) in [6.45, 7) is 3.79. The van der Waals surface area contributed by atoms with Gasteiger partial charge in [0.2, 0.25) is 11.8 Å². The van der Waals surface area contributed by atoms with Crippen molar-refractivity contribution in [3.05, 3.63) is 130 Å². The molecule has 4 aromatic rings. The number of carbonyl (C=O) groups excluding carboxylic acids is 4. The normalized spacial score (nSPS) is 25.9. The number of hydrogen-bond acceptors (Lipinski definition) is 8. The molecule has 12 heteroatoms. The van der Waals surface area contributed by atoms with Gasteiger partial charge in [0.05, 0.1) is 53.8 Å². The van der Waals surface area contributed by atoms with Gasteiger partial charge in [-0.05, 0) is 78.4 Å². The van der Waals surface area contributed by atoms with E-state index in [-0.39, 0.29) is 41.1 Å². The Hall–Kier alpha value is -5.58. The first-order valence-electron chi connectivity index (χ1n) is 17.4. The minimum atomic E-state index is -1.62. The van der Waals surface area contributed by atoms with Crippen LogP contribution in [-0.4, -0.2) is 48.0 Å². The largest absolute Gasteiger partial charge is 0.508 e. The van der Waals surface area contributed by atoms with Crippen LogP contribution >= 0.6 is 23.2 Å². The maximum Gasteiger partial charge on any atom is 0.260 e. The molecule has 2 aliphatic carbocycles. The second-order valence-electron chi connectivity index (χ2n) is 13.9. The van der Waals surface area contributed by atoms with E-state index in [1.165, 1.54) is 31.3 Å². The Morgan fingerprint density at radius 3 is 2.20 bits per heavy atom. The van der Waals surface area contributed by atoms with E-state index in [1.54, 1.807) is 78.9 Å². The summed E-state index contributed by atoms with van der Waals surface area (Å²) in [6.07, 6.45) is 3.91. The second kappa shape index (κ2) is 13.4. The zero-order valence-corrected chi connectivity index (χ0v) is 30.8. The number of nitrogens with zero attached hydrogens (tertiary/aromatic N) is 2. The van der Waals surface area contributed by atoms with Crippen molar-refractivity contribution < 1.29 is 33.8 Å². The maximum atomic E-state index is 15.4. The number of benzene rings is 4. The third kappa shape index (κ3) is 5.22. The highest BCUT2D eigenvalue weighted by Gasteiger charge is 2.70. The first-order valence-corrected chi connectivity index (χ1v) is 18.2. The molecule has 8 rings (SSSR count). The Morgan fingerprint density at radius 2 is 1.56 bits per heavy atom. The van der Waals surface area contributed by atoms with E-state index in [0.29, 0.717) is 38.9 Å². The Labute approximate surface area is 321 Å². The molecule has 4 amide bonds. The molecule has 6 atom stereocenters. The van der Waals surface area contributed by atoms with Crippen LogP contribution in [0.25, 0.3) is 6.08 Å². The standard InChI is InChI=1S/C42H35Cl2N3O7/c1-4-22-5-10-25(11-6-22)46-38(49)30-17-16-28-31(36(30)40(46)51)21-32-39(50)47(45-34-18-9-24(43)19-33(34)44)41(52)42(32,23-7-12-26(53-2)13-8-23)37(28)29-15-14-27(54-3)20-35(29)48/h4-16,18-20,30-32,36-37,45,48H,1,17,21H2,2-3H3/t30-,31+,32-,36-,37+,42+/m0/s1. The molecule has 4 aliphatic rings. The molecule has 2 saturated heterocycles. The Morgan fingerprint density at radius 1 is 0.852 bits per heavy atom. The smallest absolute Gasteiger partial charge is 0.260 e. The Balaban J connectivity index is 1.33. The van der Waals surface area contributed by atoms with Crippen molar-refractivity contribution in [3.8, 4) is 17.2 Å². The molecule has 0 spiro atoms. The number of hydrazine groups is 1. The number of fused-ring (bicyclic) bond motifs is 4. The number of phenolic OH excluding ortho intramolecular Hbond substituents is 1. The first kappa shape index (κ1) is 35.4. The van der Waals surface area contributed by atoms with E-state index in [2.05, 4.69) is 12.0 Å². The average molecular weight is 765 g/mol. The molecule has 0 bridgehead atoms. The summed E-state index contributed by atoms with van der Waals surface area (Å²) in [5.41, 5.74) is 4.49. The number of aromatic hydroxyl groups is 1. The van der Waals surface area contributed by atoms with E-state index >= 15 is 4.79 Å². The van der Waals surface area contributed by atoms with Gasteiger partial charge in [-0.2, -0.15) is 5.01 Å². The van der Waals surface area contributed by atoms with Crippen molar-refractivity contribution in [2.45, 2.75) is 24.2 Å². The van der Waals surface area contributed by atoms with Crippen molar-refractivity contribution in [1.29, 1.82) is 0 Å². The van der Waals surface area contributed by atoms with Gasteiger partial charge in [0, 0.05) is 22.6 Å². The van der Waals surface area contributed by atoms with Gasteiger partial charge in [-0.3, -0.25) is 29.5 Å². The quantitative estimate of drug-likeness (QED) is 0.139. The summed E-state index contributed by atoms with van der Waals surface area (Å²) in [4.78, 5) is 60.2. The SMILES string of the molecule is C=Cc1ccc(N2C(=O)[C@H]3[C@H](CC=C4[C@H]3C[C@H]3C(=O)N(Nc5ccc(Cl)cc5Cl)C(=O)[C@@]3(c3ccc(OC)cc3)[C@H]4c3ccc(OC)cc3O)C2=O)cc1. The molecule has 10 nitrogen and oxygen atoms in total. The lowest BCUT2D eigenvalue weighted by Crippen LogP contribution is -2.53. The predicted octanol–water partition coefficient (Wildman–Crippen LogP) is 7.55. The number of nitrogens with one attached hydrogen (secondary N) is 1. The van der Waals surface area contributed by atoms with Gasteiger partial charge < -0.3 is 14.6 Å². The third-order valence-corrected chi connectivity index (χ3v) is 12.1. The number of carbonyl (C=O) groups is 4. The summed E-state index contributed by atoms with van der Waals surface area (Å²) in [5.74, 6) is -5.16. The summed E-state index contributed by atoms with van der Waals surface area (Å²) >= 11 is 12.7. The highest BCUT2D eigenvalue weighted by molar-refractivity contribution is 6.36.